The van der Waals surface area contributed by atoms with Gasteiger partial charge in [0.25, 0.3) is 0 Å². The van der Waals surface area contributed by atoms with Gasteiger partial charge in [-0.1, -0.05) is 24.6 Å². The molecule has 1 aliphatic carbocycles. The lowest BCUT2D eigenvalue weighted by Gasteiger charge is -2.17. The van der Waals surface area contributed by atoms with Gasteiger partial charge in [0.2, 0.25) is 0 Å². The highest BCUT2D eigenvalue weighted by Gasteiger charge is 2.30. The SMILES string of the molecule is CCNC(Cc1ccc(F)cc1Cl)C1CC1. The molecule has 1 saturated carbocycles. The number of rotatable bonds is 5. The van der Waals surface area contributed by atoms with Crippen LogP contribution in [0.4, 0.5) is 4.39 Å². The van der Waals surface area contributed by atoms with Crippen LogP contribution in [-0.2, 0) is 6.42 Å². The molecule has 0 amide bonds. The van der Waals surface area contributed by atoms with Gasteiger partial charge < -0.3 is 5.32 Å². The molecule has 16 heavy (non-hydrogen) atoms. The molecule has 1 N–H and O–H groups in total. The molecule has 0 heterocycles. The van der Waals surface area contributed by atoms with Crippen molar-refractivity contribution in [3.05, 3.63) is 34.6 Å². The van der Waals surface area contributed by atoms with E-state index < -0.39 is 0 Å². The summed E-state index contributed by atoms with van der Waals surface area (Å²) in [6.07, 6.45) is 3.50. The van der Waals surface area contributed by atoms with Gasteiger partial charge >= 0.3 is 0 Å². The first-order chi connectivity index (χ1) is 7.70. The van der Waals surface area contributed by atoms with Crippen LogP contribution in [0.2, 0.25) is 5.02 Å². The Balaban J connectivity index is 2.05. The van der Waals surface area contributed by atoms with Crippen LogP contribution in [0.15, 0.2) is 18.2 Å². The molecule has 0 saturated heterocycles. The Morgan fingerprint density at radius 1 is 1.50 bits per heavy atom. The summed E-state index contributed by atoms with van der Waals surface area (Å²) in [6, 6.07) is 5.17. The second kappa shape index (κ2) is 5.15. The highest BCUT2D eigenvalue weighted by atomic mass is 35.5. The molecule has 1 aromatic carbocycles. The van der Waals surface area contributed by atoms with E-state index in [2.05, 4.69) is 12.2 Å². The summed E-state index contributed by atoms with van der Waals surface area (Å²) in [6.45, 7) is 3.08. The lowest BCUT2D eigenvalue weighted by molar-refractivity contribution is 0.472. The van der Waals surface area contributed by atoms with Gasteiger partial charge in [0.05, 0.1) is 0 Å². The summed E-state index contributed by atoms with van der Waals surface area (Å²) in [7, 11) is 0. The van der Waals surface area contributed by atoms with E-state index in [4.69, 9.17) is 11.6 Å². The fourth-order valence-electron chi connectivity index (χ4n) is 2.09. The Morgan fingerprint density at radius 2 is 2.25 bits per heavy atom. The number of nitrogens with one attached hydrogen (secondary N) is 1. The van der Waals surface area contributed by atoms with Gasteiger partial charge in [-0.25, -0.2) is 4.39 Å². The fraction of sp³-hybridized carbons (Fsp3) is 0.538. The molecule has 1 unspecified atom stereocenters. The maximum absolute atomic E-state index is 12.9. The van der Waals surface area contributed by atoms with E-state index in [1.54, 1.807) is 6.07 Å². The molecular weight excluding hydrogens is 225 g/mol. The van der Waals surface area contributed by atoms with E-state index >= 15 is 0 Å². The third-order valence-corrected chi connectivity index (χ3v) is 3.46. The van der Waals surface area contributed by atoms with Crippen LogP contribution in [0.5, 0.6) is 0 Å². The first-order valence-corrected chi connectivity index (χ1v) is 6.25. The number of hydrogen-bond donors (Lipinski definition) is 1. The van der Waals surface area contributed by atoms with Crippen molar-refractivity contribution in [3.63, 3.8) is 0 Å². The second-order valence-electron chi connectivity index (χ2n) is 4.44. The highest BCUT2D eigenvalue weighted by molar-refractivity contribution is 6.31. The molecule has 0 radical (unpaired) electrons. The minimum atomic E-state index is -0.264. The van der Waals surface area contributed by atoms with Crippen molar-refractivity contribution in [1.29, 1.82) is 0 Å². The van der Waals surface area contributed by atoms with Gasteiger partial charge in [-0.3, -0.25) is 0 Å². The smallest absolute Gasteiger partial charge is 0.124 e. The van der Waals surface area contributed by atoms with Gasteiger partial charge in [-0.05, 0) is 49.4 Å². The summed E-state index contributed by atoms with van der Waals surface area (Å²) in [5, 5.41) is 4.03. The molecule has 0 bridgehead atoms. The van der Waals surface area contributed by atoms with Crippen LogP contribution in [0, 0.1) is 11.7 Å². The molecule has 0 aromatic heterocycles. The van der Waals surface area contributed by atoms with Gasteiger partial charge in [-0.2, -0.15) is 0 Å². The topological polar surface area (TPSA) is 12.0 Å². The third-order valence-electron chi connectivity index (χ3n) is 3.11. The molecule has 1 atom stereocenters. The largest absolute Gasteiger partial charge is 0.314 e. The van der Waals surface area contributed by atoms with Crippen molar-refractivity contribution >= 4 is 11.6 Å². The van der Waals surface area contributed by atoms with Crippen LogP contribution < -0.4 is 5.32 Å². The van der Waals surface area contributed by atoms with E-state index in [1.807, 2.05) is 0 Å². The first-order valence-electron chi connectivity index (χ1n) is 5.88. The Labute approximate surface area is 101 Å². The van der Waals surface area contributed by atoms with Gasteiger partial charge in [0, 0.05) is 11.1 Å². The lowest BCUT2D eigenvalue weighted by atomic mass is 10.0. The van der Waals surface area contributed by atoms with E-state index in [0.29, 0.717) is 11.1 Å². The summed E-state index contributed by atoms with van der Waals surface area (Å²) in [4.78, 5) is 0. The van der Waals surface area contributed by atoms with E-state index in [9.17, 15) is 4.39 Å². The zero-order chi connectivity index (χ0) is 11.5. The molecule has 2 rings (SSSR count). The molecular formula is C13H17ClFN. The van der Waals surface area contributed by atoms with Gasteiger partial charge in [-0.15, -0.1) is 0 Å². The Kier molecular flexibility index (Phi) is 3.82. The average Bonchev–Trinajstić information content (AvgIpc) is 3.04. The fourth-order valence-corrected chi connectivity index (χ4v) is 2.33. The van der Waals surface area contributed by atoms with Crippen LogP contribution in [-0.4, -0.2) is 12.6 Å². The van der Waals surface area contributed by atoms with Crippen molar-refractivity contribution in [1.82, 2.24) is 5.32 Å². The quantitative estimate of drug-likeness (QED) is 0.833. The van der Waals surface area contributed by atoms with Crippen LogP contribution in [0.3, 0.4) is 0 Å². The Bertz CT molecular complexity index is 363. The lowest BCUT2D eigenvalue weighted by Crippen LogP contribution is -2.33. The predicted molar refractivity (Wildman–Crippen MR) is 65.3 cm³/mol. The summed E-state index contributed by atoms with van der Waals surface area (Å²) in [5.41, 5.74) is 1.04. The van der Waals surface area contributed by atoms with E-state index in [-0.39, 0.29) is 5.82 Å². The maximum atomic E-state index is 12.9. The van der Waals surface area contributed by atoms with Crippen molar-refractivity contribution in [3.8, 4) is 0 Å². The van der Waals surface area contributed by atoms with Crippen LogP contribution >= 0.6 is 11.6 Å². The predicted octanol–water partition coefficient (Wildman–Crippen LogP) is 3.41. The third kappa shape index (κ3) is 2.96. The highest BCUT2D eigenvalue weighted by Crippen LogP contribution is 2.34. The normalized spacial score (nSPS) is 17.4. The summed E-state index contributed by atoms with van der Waals surface area (Å²) < 4.78 is 12.9. The number of likely N-dealkylation sites (N-methyl/N-ethyl adjacent to an activating group) is 1. The van der Waals surface area contributed by atoms with Gasteiger partial charge in [0.1, 0.15) is 5.82 Å². The molecule has 1 nitrogen and oxygen atoms in total. The van der Waals surface area contributed by atoms with E-state index in [1.165, 1.54) is 25.0 Å². The molecule has 0 aliphatic heterocycles. The monoisotopic (exact) mass is 241 g/mol. The maximum Gasteiger partial charge on any atom is 0.124 e. The summed E-state index contributed by atoms with van der Waals surface area (Å²) in [5.74, 6) is 0.515. The molecule has 88 valence electrons. The molecule has 1 aromatic rings. The minimum absolute atomic E-state index is 0.264. The van der Waals surface area contributed by atoms with Crippen LogP contribution in [0.25, 0.3) is 0 Å². The molecule has 0 spiro atoms. The molecule has 1 fully saturated rings. The zero-order valence-corrected chi connectivity index (χ0v) is 10.2. The van der Waals surface area contributed by atoms with Crippen molar-refractivity contribution in [2.45, 2.75) is 32.2 Å². The Hall–Kier alpha value is -0.600. The zero-order valence-electron chi connectivity index (χ0n) is 9.47. The number of halogens is 2. The molecule has 3 heteroatoms. The Morgan fingerprint density at radius 3 is 2.81 bits per heavy atom. The van der Waals surface area contributed by atoms with Crippen molar-refractivity contribution in [2.75, 3.05) is 6.54 Å². The standard InChI is InChI=1S/C13H17ClFN/c1-2-16-13(9-3-4-9)7-10-5-6-11(15)8-12(10)14/h5-6,8-9,13,16H,2-4,7H2,1H3. The van der Waals surface area contributed by atoms with Crippen molar-refractivity contribution in [2.24, 2.45) is 5.92 Å². The van der Waals surface area contributed by atoms with Crippen LogP contribution in [0.1, 0.15) is 25.3 Å². The van der Waals surface area contributed by atoms with Gasteiger partial charge in [0.15, 0.2) is 0 Å². The summed E-state index contributed by atoms with van der Waals surface area (Å²) >= 11 is 6.03. The second-order valence-corrected chi connectivity index (χ2v) is 4.85. The first kappa shape index (κ1) is 11.9. The number of benzene rings is 1. The number of hydrogen-bond acceptors (Lipinski definition) is 1. The average molecular weight is 242 g/mol. The van der Waals surface area contributed by atoms with E-state index in [0.717, 1.165) is 24.4 Å². The molecule has 1 aliphatic rings. The minimum Gasteiger partial charge on any atom is -0.314 e. The van der Waals surface area contributed by atoms with Crippen molar-refractivity contribution < 1.29 is 4.39 Å².